The van der Waals surface area contributed by atoms with E-state index < -0.39 is 16.1 Å². The molecule has 0 aliphatic carbocycles. The number of halogens is 1. The van der Waals surface area contributed by atoms with Crippen LogP contribution in [0.3, 0.4) is 0 Å². The second kappa shape index (κ2) is 10.0. The molecule has 1 amide bonds. The molecule has 2 atom stereocenters. The van der Waals surface area contributed by atoms with Gasteiger partial charge in [-0.2, -0.15) is 0 Å². The summed E-state index contributed by atoms with van der Waals surface area (Å²) >= 11 is 5.87. The molecule has 0 aromatic heterocycles. The van der Waals surface area contributed by atoms with E-state index in [0.29, 0.717) is 23.2 Å². The Bertz CT molecular complexity index is 647. The number of carbonyl (C=O) groups excluding carboxylic acids is 1. The molecule has 0 radical (unpaired) electrons. The number of nitrogens with one attached hydrogen (secondary N) is 1. The van der Waals surface area contributed by atoms with Gasteiger partial charge in [0.25, 0.3) is 0 Å². The molecule has 0 saturated heterocycles. The lowest BCUT2D eigenvalue weighted by Gasteiger charge is -2.28. The van der Waals surface area contributed by atoms with Gasteiger partial charge in [-0.3, -0.25) is 9.10 Å². The van der Waals surface area contributed by atoms with Crippen LogP contribution < -0.4 is 9.62 Å². The van der Waals surface area contributed by atoms with Crippen LogP contribution in [0.5, 0.6) is 0 Å². The van der Waals surface area contributed by atoms with E-state index in [1.807, 2.05) is 0 Å². The fourth-order valence-electron chi connectivity index (χ4n) is 2.73. The van der Waals surface area contributed by atoms with Crippen LogP contribution >= 0.6 is 11.6 Å². The largest absolute Gasteiger partial charge is 0.354 e. The van der Waals surface area contributed by atoms with Crippen molar-refractivity contribution < 1.29 is 13.2 Å². The van der Waals surface area contributed by atoms with Crippen molar-refractivity contribution in [3.8, 4) is 0 Å². The van der Waals surface area contributed by atoms with Gasteiger partial charge in [-0.15, -0.1) is 0 Å². The number of carbonyl (C=O) groups is 1. The minimum atomic E-state index is -3.60. The highest BCUT2D eigenvalue weighted by Crippen LogP contribution is 2.23. The highest BCUT2D eigenvalue weighted by atomic mass is 35.5. The molecule has 0 bridgehead atoms. The molecular formula is C18H29ClN2O3S. The Balaban J connectivity index is 2.85. The van der Waals surface area contributed by atoms with E-state index in [4.69, 9.17) is 11.6 Å². The molecule has 1 rings (SSSR count). The molecule has 0 spiro atoms. The fraction of sp³-hybridized carbons (Fsp3) is 0.611. The molecule has 0 saturated carbocycles. The van der Waals surface area contributed by atoms with Crippen molar-refractivity contribution in [3.05, 3.63) is 29.3 Å². The second-order valence-corrected chi connectivity index (χ2v) is 8.67. The lowest BCUT2D eigenvalue weighted by atomic mass is 9.99. The standard InChI is InChI=1S/C18H29ClN2O3S/c1-5-7-8-15(6-2)13-20-18(22)14(3)21(25(4,23)24)17-11-9-16(19)10-12-17/h9-12,14-15H,5-8,13H2,1-4H3,(H,20,22)/t14-,15+/m0/s1. The third kappa shape index (κ3) is 6.86. The van der Waals surface area contributed by atoms with Crippen molar-refractivity contribution in [1.29, 1.82) is 0 Å². The zero-order valence-corrected chi connectivity index (χ0v) is 17.0. The molecule has 142 valence electrons. The molecule has 0 aliphatic rings. The summed E-state index contributed by atoms with van der Waals surface area (Å²) in [4.78, 5) is 12.5. The molecule has 0 unspecified atom stereocenters. The molecule has 0 aliphatic heterocycles. The molecule has 0 heterocycles. The first-order valence-electron chi connectivity index (χ1n) is 8.73. The SMILES string of the molecule is CCCC[C@@H](CC)CNC(=O)[C@H](C)N(c1ccc(Cl)cc1)S(C)(=O)=O. The maximum absolute atomic E-state index is 12.5. The third-order valence-electron chi connectivity index (χ3n) is 4.28. The first kappa shape index (κ1) is 21.8. The van der Waals surface area contributed by atoms with E-state index in [1.165, 1.54) is 0 Å². The maximum atomic E-state index is 12.5. The number of hydrogen-bond donors (Lipinski definition) is 1. The van der Waals surface area contributed by atoms with Gasteiger partial charge in [0, 0.05) is 11.6 Å². The van der Waals surface area contributed by atoms with E-state index in [0.717, 1.165) is 36.2 Å². The topological polar surface area (TPSA) is 66.5 Å². The van der Waals surface area contributed by atoms with Gasteiger partial charge in [0.1, 0.15) is 6.04 Å². The van der Waals surface area contributed by atoms with Crippen LogP contribution in [0.1, 0.15) is 46.5 Å². The summed E-state index contributed by atoms with van der Waals surface area (Å²) < 4.78 is 25.6. The summed E-state index contributed by atoms with van der Waals surface area (Å²) in [5, 5.41) is 3.42. The Hall–Kier alpha value is -1.27. The van der Waals surface area contributed by atoms with E-state index >= 15 is 0 Å². The van der Waals surface area contributed by atoms with Crippen LogP contribution in [0.15, 0.2) is 24.3 Å². The Kier molecular flexibility index (Phi) is 8.73. The zero-order valence-electron chi connectivity index (χ0n) is 15.5. The predicted molar refractivity (Wildman–Crippen MR) is 105 cm³/mol. The molecule has 7 heteroatoms. The summed E-state index contributed by atoms with van der Waals surface area (Å²) in [6.45, 7) is 6.41. The zero-order chi connectivity index (χ0) is 19.0. The summed E-state index contributed by atoms with van der Waals surface area (Å²) in [6, 6.07) is 5.58. The van der Waals surface area contributed by atoms with Gasteiger partial charge in [-0.25, -0.2) is 8.42 Å². The van der Waals surface area contributed by atoms with Gasteiger partial charge in [0.2, 0.25) is 15.9 Å². The number of hydrogen-bond acceptors (Lipinski definition) is 3. The molecule has 1 aromatic carbocycles. The van der Waals surface area contributed by atoms with Crippen LogP contribution in [0.4, 0.5) is 5.69 Å². The van der Waals surface area contributed by atoms with Crippen LogP contribution in [0.25, 0.3) is 0 Å². The lowest BCUT2D eigenvalue weighted by Crippen LogP contribution is -2.48. The summed E-state index contributed by atoms with van der Waals surface area (Å²) in [5.41, 5.74) is 0.424. The minimum Gasteiger partial charge on any atom is -0.354 e. The number of benzene rings is 1. The average Bonchev–Trinajstić information content (AvgIpc) is 2.55. The van der Waals surface area contributed by atoms with Gasteiger partial charge in [-0.05, 0) is 43.5 Å². The number of sulfonamides is 1. The highest BCUT2D eigenvalue weighted by molar-refractivity contribution is 7.92. The normalized spacial score (nSPS) is 14.0. The molecule has 25 heavy (non-hydrogen) atoms. The Morgan fingerprint density at radius 2 is 1.84 bits per heavy atom. The lowest BCUT2D eigenvalue weighted by molar-refractivity contribution is -0.122. The van der Waals surface area contributed by atoms with Crippen LogP contribution in [0, 0.1) is 5.92 Å². The molecule has 5 nitrogen and oxygen atoms in total. The number of nitrogens with zero attached hydrogens (tertiary/aromatic N) is 1. The van der Waals surface area contributed by atoms with Gasteiger partial charge >= 0.3 is 0 Å². The monoisotopic (exact) mass is 388 g/mol. The molecule has 1 N–H and O–H groups in total. The second-order valence-electron chi connectivity index (χ2n) is 6.37. The number of unbranched alkanes of at least 4 members (excludes halogenated alkanes) is 1. The average molecular weight is 389 g/mol. The molecular weight excluding hydrogens is 360 g/mol. The van der Waals surface area contributed by atoms with Crippen LogP contribution in [0.2, 0.25) is 5.02 Å². The van der Waals surface area contributed by atoms with Gasteiger partial charge < -0.3 is 5.32 Å². The predicted octanol–water partition coefficient (Wildman–Crippen LogP) is 3.83. The van der Waals surface area contributed by atoms with Gasteiger partial charge in [-0.1, -0.05) is 44.7 Å². The Labute approximate surface area is 156 Å². The van der Waals surface area contributed by atoms with Gasteiger partial charge in [0.05, 0.1) is 11.9 Å². The summed E-state index contributed by atoms with van der Waals surface area (Å²) in [7, 11) is -3.60. The van der Waals surface area contributed by atoms with Crippen LogP contribution in [-0.2, 0) is 14.8 Å². The summed E-state index contributed by atoms with van der Waals surface area (Å²) in [6.07, 6.45) is 5.40. The third-order valence-corrected chi connectivity index (χ3v) is 5.77. The fourth-order valence-corrected chi connectivity index (χ4v) is 4.03. The van der Waals surface area contributed by atoms with E-state index in [9.17, 15) is 13.2 Å². The minimum absolute atomic E-state index is 0.296. The Morgan fingerprint density at radius 1 is 1.24 bits per heavy atom. The van der Waals surface area contributed by atoms with Crippen molar-refractivity contribution in [3.63, 3.8) is 0 Å². The smallest absolute Gasteiger partial charge is 0.243 e. The van der Waals surface area contributed by atoms with Crippen molar-refractivity contribution in [1.82, 2.24) is 5.32 Å². The van der Waals surface area contributed by atoms with E-state index in [1.54, 1.807) is 31.2 Å². The van der Waals surface area contributed by atoms with Crippen molar-refractivity contribution in [2.75, 3.05) is 17.1 Å². The molecule has 1 aromatic rings. The number of amides is 1. The first-order valence-corrected chi connectivity index (χ1v) is 11.0. The highest BCUT2D eigenvalue weighted by Gasteiger charge is 2.29. The summed E-state index contributed by atoms with van der Waals surface area (Å²) in [5.74, 6) is 0.119. The van der Waals surface area contributed by atoms with Gasteiger partial charge in [0.15, 0.2) is 0 Å². The number of rotatable bonds is 10. The van der Waals surface area contributed by atoms with Crippen molar-refractivity contribution in [2.24, 2.45) is 5.92 Å². The number of anilines is 1. The van der Waals surface area contributed by atoms with E-state index in [-0.39, 0.29) is 5.91 Å². The molecule has 0 fully saturated rings. The van der Waals surface area contributed by atoms with Crippen LogP contribution in [-0.4, -0.2) is 33.2 Å². The van der Waals surface area contributed by atoms with E-state index in [2.05, 4.69) is 19.2 Å². The Morgan fingerprint density at radius 3 is 2.32 bits per heavy atom. The van der Waals surface area contributed by atoms with Crippen molar-refractivity contribution >= 4 is 33.2 Å². The van der Waals surface area contributed by atoms with Crippen molar-refractivity contribution in [2.45, 2.75) is 52.5 Å². The first-order chi connectivity index (χ1) is 11.7. The quantitative estimate of drug-likeness (QED) is 0.662. The maximum Gasteiger partial charge on any atom is 0.243 e.